The Morgan fingerprint density at radius 2 is 1.44 bits per heavy atom. The van der Waals surface area contributed by atoms with Crippen molar-refractivity contribution in [1.82, 2.24) is 9.97 Å². The van der Waals surface area contributed by atoms with E-state index in [1.54, 1.807) is 24.3 Å². The van der Waals surface area contributed by atoms with E-state index in [1.807, 2.05) is 43.3 Å². The summed E-state index contributed by atoms with van der Waals surface area (Å²) >= 11 is 0. The van der Waals surface area contributed by atoms with Gasteiger partial charge in [-0.1, -0.05) is 24.3 Å². The zero-order valence-corrected chi connectivity index (χ0v) is 18.0. The molecule has 9 heteroatoms. The molecule has 4 aromatic rings. The van der Waals surface area contributed by atoms with E-state index in [0.717, 1.165) is 23.5 Å². The maximum Gasteiger partial charge on any atom is 0.416 e. The van der Waals surface area contributed by atoms with Gasteiger partial charge in [-0.2, -0.15) is 18.2 Å². The van der Waals surface area contributed by atoms with E-state index >= 15 is 0 Å². The smallest absolute Gasteiger partial charge is 0.340 e. The third-order valence-electron chi connectivity index (χ3n) is 4.75. The van der Waals surface area contributed by atoms with E-state index in [1.165, 1.54) is 12.1 Å². The molecule has 6 nitrogen and oxygen atoms in total. The number of hydrogen-bond donors (Lipinski definition) is 3. The van der Waals surface area contributed by atoms with Gasteiger partial charge in [0, 0.05) is 34.4 Å². The molecule has 0 aliphatic carbocycles. The molecule has 0 radical (unpaired) electrons. The third kappa shape index (κ3) is 5.89. The first-order valence-corrected chi connectivity index (χ1v) is 10.3. The zero-order valence-electron chi connectivity index (χ0n) is 18.0. The van der Waals surface area contributed by atoms with Gasteiger partial charge < -0.3 is 16.0 Å². The SMILES string of the molecule is Cc1cc(Nc2ccccc2)nc(Nc2ccc(NC(=O)c3cccc(C(F)(F)F)c3)cc2)n1. The van der Waals surface area contributed by atoms with Crippen LogP contribution in [0.5, 0.6) is 0 Å². The summed E-state index contributed by atoms with van der Waals surface area (Å²) in [5.74, 6) is 0.385. The van der Waals surface area contributed by atoms with Crippen molar-refractivity contribution in [3.05, 3.63) is 102 Å². The highest BCUT2D eigenvalue weighted by atomic mass is 19.4. The van der Waals surface area contributed by atoms with Gasteiger partial charge >= 0.3 is 6.18 Å². The predicted octanol–water partition coefficient (Wildman–Crippen LogP) is 6.54. The topological polar surface area (TPSA) is 78.9 Å². The van der Waals surface area contributed by atoms with E-state index in [0.29, 0.717) is 23.1 Å². The van der Waals surface area contributed by atoms with Crippen molar-refractivity contribution in [2.24, 2.45) is 0 Å². The van der Waals surface area contributed by atoms with Crippen LogP contribution in [0.3, 0.4) is 0 Å². The standard InChI is InChI=1S/C25H20F3N5O/c1-16-14-22(30-19-8-3-2-4-9-19)33-24(29-16)32-21-12-10-20(11-13-21)31-23(34)17-6-5-7-18(15-17)25(26,27)28/h2-15H,1H3,(H,31,34)(H2,29,30,32,33). The van der Waals surface area contributed by atoms with E-state index in [4.69, 9.17) is 0 Å². The Hall–Kier alpha value is -4.40. The fraction of sp³-hybridized carbons (Fsp3) is 0.0800. The molecule has 172 valence electrons. The number of alkyl halides is 3. The summed E-state index contributed by atoms with van der Waals surface area (Å²) in [7, 11) is 0. The van der Waals surface area contributed by atoms with Crippen LogP contribution in [-0.4, -0.2) is 15.9 Å². The van der Waals surface area contributed by atoms with Crippen molar-refractivity contribution in [2.45, 2.75) is 13.1 Å². The molecule has 4 rings (SSSR count). The minimum Gasteiger partial charge on any atom is -0.340 e. The number of nitrogens with one attached hydrogen (secondary N) is 3. The minimum atomic E-state index is -4.52. The van der Waals surface area contributed by atoms with Crippen LogP contribution in [-0.2, 0) is 6.18 Å². The van der Waals surface area contributed by atoms with Gasteiger partial charge in [0.2, 0.25) is 5.95 Å². The molecule has 1 amide bonds. The lowest BCUT2D eigenvalue weighted by atomic mass is 10.1. The fourth-order valence-electron chi connectivity index (χ4n) is 3.16. The fourth-order valence-corrected chi connectivity index (χ4v) is 3.16. The number of rotatable bonds is 6. The number of hydrogen-bond acceptors (Lipinski definition) is 5. The monoisotopic (exact) mass is 463 g/mol. The summed E-state index contributed by atoms with van der Waals surface area (Å²) in [6, 6.07) is 22.4. The summed E-state index contributed by atoms with van der Waals surface area (Å²) in [6.07, 6.45) is -4.52. The third-order valence-corrected chi connectivity index (χ3v) is 4.75. The number of carbonyl (C=O) groups excluding carboxylic acids is 1. The van der Waals surface area contributed by atoms with Crippen LogP contribution in [0.1, 0.15) is 21.6 Å². The van der Waals surface area contributed by atoms with Gasteiger partial charge in [0.05, 0.1) is 5.56 Å². The molecule has 0 fully saturated rings. The minimum absolute atomic E-state index is 0.0800. The van der Waals surface area contributed by atoms with Gasteiger partial charge in [0.25, 0.3) is 5.91 Å². The highest BCUT2D eigenvalue weighted by Gasteiger charge is 2.30. The quantitative estimate of drug-likeness (QED) is 0.302. The van der Waals surface area contributed by atoms with Crippen LogP contribution in [0.4, 0.5) is 42.0 Å². The molecule has 0 saturated heterocycles. The van der Waals surface area contributed by atoms with E-state index in [-0.39, 0.29) is 5.56 Å². The number of aryl methyl sites for hydroxylation is 1. The molecule has 0 atom stereocenters. The van der Waals surface area contributed by atoms with Crippen LogP contribution >= 0.6 is 0 Å². The summed E-state index contributed by atoms with van der Waals surface area (Å²) in [5.41, 5.74) is 1.81. The number of benzene rings is 3. The van der Waals surface area contributed by atoms with Crippen molar-refractivity contribution < 1.29 is 18.0 Å². The lowest BCUT2D eigenvalue weighted by Crippen LogP contribution is -2.13. The second-order valence-electron chi connectivity index (χ2n) is 7.44. The van der Waals surface area contributed by atoms with Gasteiger partial charge in [-0.05, 0) is 61.5 Å². The number of para-hydroxylation sites is 1. The summed E-state index contributed by atoms with van der Waals surface area (Å²) in [5, 5.41) is 8.93. The second kappa shape index (κ2) is 9.62. The number of carbonyl (C=O) groups is 1. The summed E-state index contributed by atoms with van der Waals surface area (Å²) < 4.78 is 38.7. The van der Waals surface area contributed by atoms with Crippen molar-refractivity contribution in [2.75, 3.05) is 16.0 Å². The molecule has 0 unspecified atom stereocenters. The van der Waals surface area contributed by atoms with Crippen molar-refractivity contribution in [1.29, 1.82) is 0 Å². The first kappa shape index (κ1) is 22.8. The van der Waals surface area contributed by atoms with Gasteiger partial charge in [0.15, 0.2) is 0 Å². The summed E-state index contributed by atoms with van der Waals surface area (Å²) in [6.45, 7) is 1.86. The van der Waals surface area contributed by atoms with Crippen LogP contribution in [0.25, 0.3) is 0 Å². The first-order valence-electron chi connectivity index (χ1n) is 10.3. The number of halogens is 3. The van der Waals surface area contributed by atoms with E-state index in [2.05, 4.69) is 25.9 Å². The maximum absolute atomic E-state index is 12.9. The number of anilines is 5. The lowest BCUT2D eigenvalue weighted by Gasteiger charge is -2.11. The summed E-state index contributed by atoms with van der Waals surface area (Å²) in [4.78, 5) is 21.2. The van der Waals surface area contributed by atoms with E-state index in [9.17, 15) is 18.0 Å². The predicted molar refractivity (Wildman–Crippen MR) is 126 cm³/mol. The molecule has 0 aliphatic rings. The zero-order chi connectivity index (χ0) is 24.1. The van der Waals surface area contributed by atoms with Crippen LogP contribution in [0.2, 0.25) is 0 Å². The van der Waals surface area contributed by atoms with Crippen molar-refractivity contribution in [3.63, 3.8) is 0 Å². The average molecular weight is 463 g/mol. The largest absolute Gasteiger partial charge is 0.416 e. The molecule has 3 aromatic carbocycles. The number of nitrogens with zero attached hydrogens (tertiary/aromatic N) is 2. The maximum atomic E-state index is 12.9. The Morgan fingerprint density at radius 3 is 2.15 bits per heavy atom. The van der Waals surface area contributed by atoms with Gasteiger partial charge in [-0.3, -0.25) is 4.79 Å². The number of aromatic nitrogens is 2. The molecule has 34 heavy (non-hydrogen) atoms. The van der Waals surface area contributed by atoms with Gasteiger partial charge in [0.1, 0.15) is 5.82 Å². The molecule has 0 aliphatic heterocycles. The molecule has 0 bridgehead atoms. The Bertz CT molecular complexity index is 1290. The highest BCUT2D eigenvalue weighted by Crippen LogP contribution is 2.29. The molecular weight excluding hydrogens is 443 g/mol. The van der Waals surface area contributed by atoms with Crippen molar-refractivity contribution in [3.8, 4) is 0 Å². The second-order valence-corrected chi connectivity index (χ2v) is 7.44. The Balaban J connectivity index is 1.43. The van der Waals surface area contributed by atoms with Crippen LogP contribution in [0.15, 0.2) is 84.9 Å². The highest BCUT2D eigenvalue weighted by molar-refractivity contribution is 6.04. The molecule has 0 spiro atoms. The van der Waals surface area contributed by atoms with E-state index < -0.39 is 17.6 Å². The average Bonchev–Trinajstić information content (AvgIpc) is 2.80. The molecule has 3 N–H and O–H groups in total. The Labute approximate surface area is 193 Å². The normalized spacial score (nSPS) is 11.1. The lowest BCUT2D eigenvalue weighted by molar-refractivity contribution is -0.137. The molecule has 0 saturated carbocycles. The molecular formula is C25H20F3N5O. The Kier molecular flexibility index (Phi) is 6.44. The first-order chi connectivity index (χ1) is 16.3. The van der Waals surface area contributed by atoms with Gasteiger partial charge in [-0.15, -0.1) is 0 Å². The van der Waals surface area contributed by atoms with Crippen LogP contribution in [0, 0.1) is 6.92 Å². The molecule has 1 heterocycles. The van der Waals surface area contributed by atoms with Gasteiger partial charge in [-0.25, -0.2) is 4.98 Å². The Morgan fingerprint density at radius 1 is 0.765 bits per heavy atom. The molecule has 1 aromatic heterocycles. The number of amides is 1. The van der Waals surface area contributed by atoms with Crippen LogP contribution < -0.4 is 16.0 Å². The van der Waals surface area contributed by atoms with Crippen molar-refractivity contribution >= 4 is 34.7 Å².